The second-order valence-corrected chi connectivity index (χ2v) is 5.34. The molecule has 2 aromatic heterocycles. The molecule has 0 saturated heterocycles. The summed E-state index contributed by atoms with van der Waals surface area (Å²) in [4.78, 5) is 14.4. The van der Waals surface area contributed by atoms with Crippen LogP contribution < -0.4 is 14.9 Å². The topological polar surface area (TPSA) is 86.0 Å². The smallest absolute Gasteiger partial charge is 0.379 e. The summed E-state index contributed by atoms with van der Waals surface area (Å²) in [6.07, 6.45) is 2.41. The van der Waals surface area contributed by atoms with Gasteiger partial charge in [0.05, 0.1) is 19.6 Å². The van der Waals surface area contributed by atoms with Crippen LogP contribution in [0.3, 0.4) is 0 Å². The number of carbonyl (C=O) groups is 1. The van der Waals surface area contributed by atoms with Crippen molar-refractivity contribution in [3.63, 3.8) is 0 Å². The van der Waals surface area contributed by atoms with E-state index in [4.69, 9.17) is 13.9 Å². The van der Waals surface area contributed by atoms with Crippen molar-refractivity contribution in [2.45, 2.75) is 0 Å². The maximum atomic E-state index is 13.5. The number of benzene rings is 1. The van der Waals surface area contributed by atoms with Crippen LogP contribution in [-0.2, 0) is 0 Å². The molecule has 2 heterocycles. The van der Waals surface area contributed by atoms with Crippen molar-refractivity contribution in [1.82, 2.24) is 4.98 Å². The number of pyridine rings is 1. The summed E-state index contributed by atoms with van der Waals surface area (Å²) in [7, 11) is 1.33. The second kappa shape index (κ2) is 8.42. The van der Waals surface area contributed by atoms with Crippen LogP contribution >= 0.6 is 0 Å². The number of anilines is 1. The average Bonchev–Trinajstić information content (AvgIpc) is 3.25. The molecule has 0 radical (unpaired) electrons. The van der Waals surface area contributed by atoms with Gasteiger partial charge in [-0.2, -0.15) is 27.6 Å². The first-order valence-electron chi connectivity index (χ1n) is 7.83. The minimum atomic E-state index is -1.81. The maximum absolute atomic E-state index is 13.5. The van der Waals surface area contributed by atoms with E-state index in [1.165, 1.54) is 43.7 Å². The van der Waals surface area contributed by atoms with E-state index in [-0.39, 0.29) is 17.3 Å². The van der Waals surface area contributed by atoms with E-state index >= 15 is 0 Å². The lowest BCUT2D eigenvalue weighted by Crippen LogP contribution is -2.08. The summed E-state index contributed by atoms with van der Waals surface area (Å²) in [5, 5.41) is 3.53. The number of hydrogen-bond donors (Lipinski definition) is 1. The number of methoxy groups -OCH3 is 1. The first kappa shape index (κ1) is 19.9. The summed E-state index contributed by atoms with van der Waals surface area (Å²) in [6.45, 7) is 0. The number of nitrogens with zero attached hydrogens (tertiary/aromatic N) is 2. The van der Waals surface area contributed by atoms with Crippen LogP contribution in [0, 0.1) is 23.5 Å². The predicted octanol–water partition coefficient (Wildman–Crippen LogP) is 3.90. The molecule has 0 bridgehead atoms. The first-order valence-corrected chi connectivity index (χ1v) is 7.83. The van der Waals surface area contributed by atoms with E-state index in [0.29, 0.717) is 5.56 Å². The molecule has 3 aromatic rings. The molecule has 150 valence electrons. The molecule has 1 N–H and O–H groups in total. The maximum Gasteiger partial charge on any atom is 0.379 e. The lowest BCUT2D eigenvalue weighted by Gasteiger charge is -2.09. The number of hydrazone groups is 1. The monoisotopic (exact) mass is 409 g/mol. The van der Waals surface area contributed by atoms with Crippen molar-refractivity contribution in [1.29, 1.82) is 0 Å². The molecule has 0 aliphatic heterocycles. The highest BCUT2D eigenvalue weighted by molar-refractivity contribution is 5.89. The van der Waals surface area contributed by atoms with Gasteiger partial charge in [-0.15, -0.1) is 0 Å². The SMILES string of the molecule is COc1cc(/C=N\Nc2c(F)c(F)nc(F)c2F)ccc1OC(=O)c1ccco1. The third kappa shape index (κ3) is 4.34. The molecule has 11 heteroatoms. The number of nitrogens with one attached hydrogen (secondary N) is 1. The first-order chi connectivity index (χ1) is 13.9. The standard InChI is InChI=1S/C18H11F4N3O4/c1-27-12-7-9(4-5-10(12)29-18(26)11-3-2-6-28-11)8-23-25-15-13(19)16(21)24-17(22)14(15)20/h2-8H,1H3,(H,24,25)/b23-8-. The second-order valence-electron chi connectivity index (χ2n) is 5.34. The summed E-state index contributed by atoms with van der Waals surface area (Å²) in [6, 6.07) is 7.17. The third-order valence-electron chi connectivity index (χ3n) is 3.50. The molecule has 0 fully saturated rings. The van der Waals surface area contributed by atoms with Crippen LogP contribution in [0.5, 0.6) is 11.5 Å². The normalized spacial score (nSPS) is 10.9. The van der Waals surface area contributed by atoms with Crippen molar-refractivity contribution in [2.24, 2.45) is 5.10 Å². The lowest BCUT2D eigenvalue weighted by molar-refractivity contribution is 0.0696. The van der Waals surface area contributed by atoms with Gasteiger partial charge in [-0.3, -0.25) is 5.43 Å². The highest BCUT2D eigenvalue weighted by Crippen LogP contribution is 2.28. The molecular weight excluding hydrogens is 398 g/mol. The molecule has 3 rings (SSSR count). The molecule has 0 aliphatic rings. The molecule has 29 heavy (non-hydrogen) atoms. The van der Waals surface area contributed by atoms with Gasteiger partial charge in [0.2, 0.25) is 17.4 Å². The number of hydrogen-bond acceptors (Lipinski definition) is 7. The summed E-state index contributed by atoms with van der Waals surface area (Å²) >= 11 is 0. The largest absolute Gasteiger partial charge is 0.493 e. The van der Waals surface area contributed by atoms with E-state index in [1.54, 1.807) is 0 Å². The Kier molecular flexibility index (Phi) is 5.77. The fourth-order valence-electron chi connectivity index (χ4n) is 2.15. The Hall–Kier alpha value is -3.89. The molecular formula is C18H11F4N3O4. The van der Waals surface area contributed by atoms with Crippen molar-refractivity contribution >= 4 is 17.9 Å². The number of halogens is 4. The zero-order chi connectivity index (χ0) is 21.0. The van der Waals surface area contributed by atoms with Gasteiger partial charge in [-0.1, -0.05) is 0 Å². The minimum Gasteiger partial charge on any atom is -0.493 e. The van der Waals surface area contributed by atoms with Crippen molar-refractivity contribution in [3.05, 3.63) is 71.4 Å². The van der Waals surface area contributed by atoms with E-state index in [0.717, 1.165) is 6.21 Å². The van der Waals surface area contributed by atoms with Crippen LogP contribution in [0.25, 0.3) is 0 Å². The molecule has 0 saturated carbocycles. The minimum absolute atomic E-state index is 0.0113. The van der Waals surface area contributed by atoms with Gasteiger partial charge in [0.25, 0.3) is 11.9 Å². The fraction of sp³-hybridized carbons (Fsp3) is 0.0556. The highest BCUT2D eigenvalue weighted by Gasteiger charge is 2.20. The van der Waals surface area contributed by atoms with E-state index < -0.39 is 35.2 Å². The van der Waals surface area contributed by atoms with Crippen LogP contribution in [0.2, 0.25) is 0 Å². The van der Waals surface area contributed by atoms with Gasteiger partial charge < -0.3 is 13.9 Å². The molecule has 0 spiro atoms. The Morgan fingerprint density at radius 3 is 2.48 bits per heavy atom. The molecule has 0 atom stereocenters. The number of rotatable bonds is 6. The summed E-state index contributed by atoms with van der Waals surface area (Å²) in [5.41, 5.74) is 1.09. The van der Waals surface area contributed by atoms with E-state index in [1.807, 2.05) is 5.43 Å². The highest BCUT2D eigenvalue weighted by atomic mass is 19.2. The quantitative estimate of drug-likeness (QED) is 0.166. The van der Waals surface area contributed by atoms with Crippen molar-refractivity contribution < 1.29 is 36.2 Å². The zero-order valence-electron chi connectivity index (χ0n) is 14.6. The van der Waals surface area contributed by atoms with Gasteiger partial charge in [-0.05, 0) is 35.9 Å². The number of ether oxygens (including phenoxy) is 2. The van der Waals surface area contributed by atoms with E-state index in [2.05, 4.69) is 10.1 Å². The van der Waals surface area contributed by atoms with Crippen LogP contribution in [-0.4, -0.2) is 24.3 Å². The van der Waals surface area contributed by atoms with Gasteiger partial charge in [0, 0.05) is 0 Å². The number of aromatic nitrogens is 1. The van der Waals surface area contributed by atoms with Gasteiger partial charge in [0.1, 0.15) is 5.69 Å². The Balaban J connectivity index is 1.76. The number of furan rings is 1. The van der Waals surface area contributed by atoms with Gasteiger partial charge in [-0.25, -0.2) is 4.79 Å². The average molecular weight is 409 g/mol. The van der Waals surface area contributed by atoms with Crippen LogP contribution in [0.15, 0.2) is 46.1 Å². The fourth-order valence-corrected chi connectivity index (χ4v) is 2.15. The van der Waals surface area contributed by atoms with Crippen LogP contribution in [0.1, 0.15) is 16.1 Å². The number of carbonyl (C=O) groups excluding carboxylic acids is 1. The zero-order valence-corrected chi connectivity index (χ0v) is 14.6. The van der Waals surface area contributed by atoms with Crippen molar-refractivity contribution in [3.8, 4) is 11.5 Å². The third-order valence-corrected chi connectivity index (χ3v) is 3.50. The van der Waals surface area contributed by atoms with Gasteiger partial charge >= 0.3 is 5.97 Å². The Bertz CT molecular complexity index is 1050. The molecule has 0 unspecified atom stereocenters. The molecule has 0 amide bonds. The summed E-state index contributed by atoms with van der Waals surface area (Å²) in [5.74, 6) is -7.61. The Morgan fingerprint density at radius 1 is 1.14 bits per heavy atom. The molecule has 7 nitrogen and oxygen atoms in total. The van der Waals surface area contributed by atoms with E-state index in [9.17, 15) is 22.4 Å². The Morgan fingerprint density at radius 2 is 1.86 bits per heavy atom. The van der Waals surface area contributed by atoms with Gasteiger partial charge in [0.15, 0.2) is 11.5 Å². The molecule has 0 aliphatic carbocycles. The Labute approximate surface area is 160 Å². The lowest BCUT2D eigenvalue weighted by atomic mass is 10.2. The van der Waals surface area contributed by atoms with Crippen LogP contribution in [0.4, 0.5) is 23.2 Å². The number of esters is 1. The van der Waals surface area contributed by atoms with Crippen molar-refractivity contribution in [2.75, 3.05) is 12.5 Å². The predicted molar refractivity (Wildman–Crippen MR) is 91.9 cm³/mol. The summed E-state index contributed by atoms with van der Waals surface area (Å²) < 4.78 is 68.4. The molecule has 1 aromatic carbocycles.